The Bertz CT molecular complexity index is 926. The normalized spacial score (nSPS) is 13.3. The summed E-state index contributed by atoms with van der Waals surface area (Å²) in [7, 11) is 0. The average Bonchev–Trinajstić information content (AvgIpc) is 3.13. The quantitative estimate of drug-likeness (QED) is 0.619. The van der Waals surface area contributed by atoms with E-state index in [0.717, 1.165) is 11.1 Å². The number of hydrogen-bond acceptors (Lipinski definition) is 5. The van der Waals surface area contributed by atoms with E-state index in [4.69, 9.17) is 4.42 Å². The maximum absolute atomic E-state index is 13.4. The summed E-state index contributed by atoms with van der Waals surface area (Å²) in [5, 5.41) is 11.0. The van der Waals surface area contributed by atoms with Gasteiger partial charge in [-0.3, -0.25) is 9.78 Å². The van der Waals surface area contributed by atoms with Crippen molar-refractivity contribution in [1.29, 1.82) is 0 Å². The monoisotopic (exact) mass is 396 g/mol. The minimum atomic E-state index is -0.501. The van der Waals surface area contributed by atoms with Crippen molar-refractivity contribution in [2.24, 2.45) is 5.92 Å². The Hall–Kier alpha value is -3.09. The summed E-state index contributed by atoms with van der Waals surface area (Å²) in [6.07, 6.45) is 4.53. The standard InChI is InChI=1S/C22H25FN4O2/c1-14(2)11-20(22-27-26-15(3)29-22)25-21(28)19(12-16-5-4-10-24-13-16)17-6-8-18(23)9-7-17/h4-10,13-14,19-20H,11-12H2,1-3H3,(H,25,28). The molecular formula is C22H25FN4O2. The lowest BCUT2D eigenvalue weighted by molar-refractivity contribution is -0.123. The van der Waals surface area contributed by atoms with Crippen LogP contribution in [0.15, 0.2) is 53.2 Å². The van der Waals surface area contributed by atoms with E-state index < -0.39 is 5.92 Å². The van der Waals surface area contributed by atoms with E-state index in [2.05, 4.69) is 34.3 Å². The van der Waals surface area contributed by atoms with Crippen LogP contribution >= 0.6 is 0 Å². The summed E-state index contributed by atoms with van der Waals surface area (Å²) in [5.41, 5.74) is 1.66. The SMILES string of the molecule is Cc1nnc(C(CC(C)C)NC(=O)C(Cc2cccnc2)c2ccc(F)cc2)o1. The highest BCUT2D eigenvalue weighted by Gasteiger charge is 2.27. The minimum Gasteiger partial charge on any atom is -0.423 e. The molecule has 3 aromatic rings. The van der Waals surface area contributed by atoms with Gasteiger partial charge in [-0.2, -0.15) is 0 Å². The molecule has 0 aliphatic rings. The molecule has 29 heavy (non-hydrogen) atoms. The molecule has 2 atom stereocenters. The molecule has 1 aromatic carbocycles. The lowest BCUT2D eigenvalue weighted by Crippen LogP contribution is -2.34. The molecule has 0 saturated heterocycles. The van der Waals surface area contributed by atoms with Gasteiger partial charge in [0.05, 0.1) is 5.92 Å². The number of amides is 1. The number of nitrogens with one attached hydrogen (secondary N) is 1. The molecular weight excluding hydrogens is 371 g/mol. The molecule has 7 heteroatoms. The highest BCUT2D eigenvalue weighted by Crippen LogP contribution is 2.25. The van der Waals surface area contributed by atoms with Crippen LogP contribution in [0, 0.1) is 18.7 Å². The van der Waals surface area contributed by atoms with Crippen molar-refractivity contribution < 1.29 is 13.6 Å². The zero-order chi connectivity index (χ0) is 20.8. The maximum atomic E-state index is 13.4. The van der Waals surface area contributed by atoms with Crippen LogP contribution in [0.3, 0.4) is 0 Å². The lowest BCUT2D eigenvalue weighted by Gasteiger charge is -2.22. The molecule has 1 N–H and O–H groups in total. The van der Waals surface area contributed by atoms with Gasteiger partial charge in [-0.05, 0) is 48.1 Å². The summed E-state index contributed by atoms with van der Waals surface area (Å²) in [5.74, 6) is 0.140. The zero-order valence-electron chi connectivity index (χ0n) is 16.8. The Kier molecular flexibility index (Phi) is 6.69. The molecule has 0 saturated carbocycles. The third kappa shape index (κ3) is 5.70. The molecule has 0 radical (unpaired) electrons. The number of rotatable bonds is 8. The number of aryl methyl sites for hydroxylation is 1. The summed E-state index contributed by atoms with van der Waals surface area (Å²) in [4.78, 5) is 17.4. The summed E-state index contributed by atoms with van der Waals surface area (Å²) < 4.78 is 19.0. The Morgan fingerprint density at radius 1 is 1.17 bits per heavy atom. The van der Waals surface area contributed by atoms with Gasteiger partial charge in [0.25, 0.3) is 0 Å². The molecule has 0 aliphatic heterocycles. The zero-order valence-corrected chi connectivity index (χ0v) is 16.8. The molecule has 0 spiro atoms. The fraction of sp³-hybridized carbons (Fsp3) is 0.364. The van der Waals surface area contributed by atoms with E-state index in [-0.39, 0.29) is 17.8 Å². The average molecular weight is 396 g/mol. The molecule has 2 aromatic heterocycles. The van der Waals surface area contributed by atoms with Crippen molar-refractivity contribution in [2.75, 3.05) is 0 Å². The van der Waals surface area contributed by atoms with E-state index in [0.29, 0.717) is 30.5 Å². The molecule has 0 aliphatic carbocycles. The van der Waals surface area contributed by atoms with E-state index in [1.54, 1.807) is 31.5 Å². The van der Waals surface area contributed by atoms with Crippen LogP contribution in [0.25, 0.3) is 0 Å². The minimum absolute atomic E-state index is 0.179. The summed E-state index contributed by atoms with van der Waals surface area (Å²) >= 11 is 0. The second kappa shape index (κ2) is 9.41. The van der Waals surface area contributed by atoms with Crippen molar-refractivity contribution >= 4 is 5.91 Å². The first kappa shape index (κ1) is 20.6. The van der Waals surface area contributed by atoms with Crippen LogP contribution in [-0.4, -0.2) is 21.1 Å². The Labute approximate surface area is 169 Å². The van der Waals surface area contributed by atoms with E-state index >= 15 is 0 Å². The molecule has 0 bridgehead atoms. The highest BCUT2D eigenvalue weighted by atomic mass is 19.1. The maximum Gasteiger partial charge on any atom is 0.238 e. The van der Waals surface area contributed by atoms with Crippen molar-refractivity contribution in [3.05, 3.63) is 77.5 Å². The fourth-order valence-corrected chi connectivity index (χ4v) is 3.23. The van der Waals surface area contributed by atoms with Crippen LogP contribution in [0.2, 0.25) is 0 Å². The smallest absolute Gasteiger partial charge is 0.238 e. The first-order valence-corrected chi connectivity index (χ1v) is 9.67. The molecule has 0 fully saturated rings. The number of pyridine rings is 1. The number of aromatic nitrogens is 3. The summed E-state index contributed by atoms with van der Waals surface area (Å²) in [6, 6.07) is 9.38. The predicted molar refractivity (Wildman–Crippen MR) is 106 cm³/mol. The van der Waals surface area contributed by atoms with Gasteiger partial charge in [0.1, 0.15) is 11.9 Å². The molecule has 2 heterocycles. The number of nitrogens with zero attached hydrogens (tertiary/aromatic N) is 3. The van der Waals surface area contributed by atoms with Crippen LogP contribution < -0.4 is 5.32 Å². The van der Waals surface area contributed by atoms with Gasteiger partial charge in [-0.15, -0.1) is 10.2 Å². The van der Waals surface area contributed by atoms with Crippen LogP contribution in [0.1, 0.15) is 55.1 Å². The van der Waals surface area contributed by atoms with Gasteiger partial charge in [0.15, 0.2) is 0 Å². The summed E-state index contributed by atoms with van der Waals surface area (Å²) in [6.45, 7) is 5.85. The van der Waals surface area contributed by atoms with Gasteiger partial charge >= 0.3 is 0 Å². The lowest BCUT2D eigenvalue weighted by atomic mass is 9.91. The van der Waals surface area contributed by atoms with Crippen molar-refractivity contribution in [2.45, 2.75) is 45.6 Å². The number of carbonyl (C=O) groups is 1. The topological polar surface area (TPSA) is 80.9 Å². The van der Waals surface area contributed by atoms with Gasteiger partial charge in [-0.25, -0.2) is 4.39 Å². The van der Waals surface area contributed by atoms with E-state index in [1.807, 2.05) is 12.1 Å². The highest BCUT2D eigenvalue weighted by molar-refractivity contribution is 5.84. The number of halogens is 1. The van der Waals surface area contributed by atoms with Crippen LogP contribution in [0.5, 0.6) is 0 Å². The van der Waals surface area contributed by atoms with E-state index in [9.17, 15) is 9.18 Å². The largest absolute Gasteiger partial charge is 0.423 e. The molecule has 3 rings (SSSR count). The number of benzene rings is 1. The molecule has 152 valence electrons. The molecule has 1 amide bonds. The van der Waals surface area contributed by atoms with Crippen LogP contribution in [-0.2, 0) is 11.2 Å². The van der Waals surface area contributed by atoms with Gasteiger partial charge in [0, 0.05) is 19.3 Å². The van der Waals surface area contributed by atoms with Crippen molar-refractivity contribution in [3.63, 3.8) is 0 Å². The first-order valence-electron chi connectivity index (χ1n) is 9.67. The van der Waals surface area contributed by atoms with Gasteiger partial charge in [0.2, 0.25) is 17.7 Å². The second-order valence-corrected chi connectivity index (χ2v) is 7.52. The Morgan fingerprint density at radius 2 is 1.93 bits per heavy atom. The van der Waals surface area contributed by atoms with Crippen molar-refractivity contribution in [3.8, 4) is 0 Å². The molecule has 6 nitrogen and oxygen atoms in total. The second-order valence-electron chi connectivity index (χ2n) is 7.52. The number of carbonyl (C=O) groups excluding carboxylic acids is 1. The predicted octanol–water partition coefficient (Wildman–Crippen LogP) is 4.14. The third-order valence-corrected chi connectivity index (χ3v) is 4.61. The third-order valence-electron chi connectivity index (χ3n) is 4.61. The van der Waals surface area contributed by atoms with Gasteiger partial charge < -0.3 is 9.73 Å². The van der Waals surface area contributed by atoms with E-state index in [1.165, 1.54) is 12.1 Å². The fourth-order valence-electron chi connectivity index (χ4n) is 3.23. The first-order chi connectivity index (χ1) is 13.9. The van der Waals surface area contributed by atoms with Crippen molar-refractivity contribution in [1.82, 2.24) is 20.5 Å². The number of hydrogen-bond donors (Lipinski definition) is 1. The Morgan fingerprint density at radius 3 is 2.52 bits per heavy atom. The molecule has 2 unspecified atom stereocenters. The Balaban J connectivity index is 1.86. The van der Waals surface area contributed by atoms with Crippen LogP contribution in [0.4, 0.5) is 4.39 Å². The van der Waals surface area contributed by atoms with Gasteiger partial charge in [-0.1, -0.05) is 32.0 Å².